The minimum Gasteiger partial charge on any atom is -0.390 e. The molecule has 2 aliphatic carbocycles. The number of carbonyl (C=O) groups excluding carboxylic acids is 1. The molecule has 0 spiro atoms. The van der Waals surface area contributed by atoms with Gasteiger partial charge in [-0.25, -0.2) is 4.31 Å². The molecule has 2 rings (SSSR count). The van der Waals surface area contributed by atoms with Gasteiger partial charge in [-0.1, -0.05) is 26.2 Å². The van der Waals surface area contributed by atoms with Gasteiger partial charge in [-0.05, 0) is 109 Å². The van der Waals surface area contributed by atoms with E-state index >= 15 is 0 Å². The predicted molar refractivity (Wildman–Crippen MR) is 127 cm³/mol. The van der Waals surface area contributed by atoms with E-state index in [1.807, 2.05) is 45.1 Å². The molecule has 29 heavy (non-hydrogen) atoms. The van der Waals surface area contributed by atoms with Crippen LogP contribution in [0.2, 0.25) is 0 Å². The normalized spacial score (nSPS) is 32.2. The molecule has 5 unspecified atom stereocenters. The maximum absolute atomic E-state index is 10.9. The number of likely N-dealkylation sites (N-methyl/N-ethyl adjacent to an activating group) is 1. The summed E-state index contributed by atoms with van der Waals surface area (Å²) in [5, 5.41) is 13.6. The van der Waals surface area contributed by atoms with E-state index in [1.165, 1.54) is 24.8 Å². The highest BCUT2D eigenvalue weighted by Gasteiger charge is 2.44. The number of nitrogens with one attached hydrogen (secondary N) is 1. The van der Waals surface area contributed by atoms with Crippen molar-refractivity contribution in [3.63, 3.8) is 0 Å². The summed E-state index contributed by atoms with van der Waals surface area (Å²) in [6.45, 7) is 17.6. The first-order valence-corrected chi connectivity index (χ1v) is 11.4. The Morgan fingerprint density at radius 2 is 1.97 bits per heavy atom. The molecule has 2 fully saturated rings. The Kier molecular flexibility index (Phi) is 9.87. The zero-order valence-corrected chi connectivity index (χ0v) is 20.3. The van der Waals surface area contributed by atoms with Crippen LogP contribution in [0, 0.1) is 17.8 Å². The summed E-state index contributed by atoms with van der Waals surface area (Å²) in [7, 11) is 3.95. The largest absolute Gasteiger partial charge is 0.390 e. The summed E-state index contributed by atoms with van der Waals surface area (Å²) in [6, 6.07) is 0.623. The summed E-state index contributed by atoms with van der Waals surface area (Å²) in [5.41, 5.74) is 0.0804. The Hall–Kier alpha value is -0.880. The molecule has 0 saturated heterocycles. The average Bonchev–Trinajstić information content (AvgIpc) is 2.60. The van der Waals surface area contributed by atoms with Crippen molar-refractivity contribution < 1.29 is 9.90 Å². The molecule has 0 aromatic heterocycles. The molecule has 2 N–H and O–H groups in total. The fourth-order valence-electron chi connectivity index (χ4n) is 4.67. The molecule has 166 valence electrons. The van der Waals surface area contributed by atoms with Gasteiger partial charge in [0.15, 0.2) is 0 Å². The maximum Gasteiger partial charge on any atom is 0.140 e. The van der Waals surface area contributed by atoms with Crippen LogP contribution in [0.15, 0.2) is 35.8 Å². The highest BCUT2D eigenvalue weighted by atomic mass is 32.2. The predicted octanol–water partition coefficient (Wildman–Crippen LogP) is 4.97. The summed E-state index contributed by atoms with van der Waals surface area (Å²) in [4.78, 5) is 11.9. The number of carbonyl (C=O) groups is 1. The number of hydrogen-bond acceptors (Lipinski definition) is 5. The van der Waals surface area contributed by atoms with E-state index < -0.39 is 11.1 Å². The Balaban J connectivity index is 0.000000290. The van der Waals surface area contributed by atoms with Crippen LogP contribution in [0.4, 0.5) is 0 Å². The standard InChI is InChI=1S/C12H19NOS.C12H23NO/c1-7-8-11(10(2)3)15-13(6)12(4,5)9-14;1-8-4-9-5-10(11(8)13-3)7-12(2,14)6-9/h7-9H,1-2H2,3-6H3;8-11,13-14H,4-7H2,1-3H3/b11-8+;. The zero-order valence-electron chi connectivity index (χ0n) is 19.5. The fourth-order valence-corrected chi connectivity index (χ4v) is 5.56. The first-order valence-electron chi connectivity index (χ1n) is 10.6. The zero-order chi connectivity index (χ0) is 22.4. The van der Waals surface area contributed by atoms with E-state index in [-0.39, 0.29) is 0 Å². The molecule has 2 saturated carbocycles. The van der Waals surface area contributed by atoms with Crippen molar-refractivity contribution in [2.75, 3.05) is 14.1 Å². The number of nitrogens with zero attached hydrogens (tertiary/aromatic N) is 1. The summed E-state index contributed by atoms with van der Waals surface area (Å²) < 4.78 is 1.91. The number of hydrogen-bond donors (Lipinski definition) is 2. The lowest BCUT2D eigenvalue weighted by Gasteiger charge is -2.49. The van der Waals surface area contributed by atoms with Crippen molar-refractivity contribution >= 4 is 18.2 Å². The van der Waals surface area contributed by atoms with Gasteiger partial charge in [0.2, 0.25) is 0 Å². The van der Waals surface area contributed by atoms with E-state index in [1.54, 1.807) is 6.08 Å². The van der Waals surface area contributed by atoms with E-state index in [9.17, 15) is 9.90 Å². The van der Waals surface area contributed by atoms with Crippen LogP contribution in [0.5, 0.6) is 0 Å². The maximum atomic E-state index is 10.9. The summed E-state index contributed by atoms with van der Waals surface area (Å²) >= 11 is 1.50. The molecular weight excluding hydrogens is 380 g/mol. The Morgan fingerprint density at radius 1 is 1.34 bits per heavy atom. The number of fused-ring (bicyclic) bond motifs is 2. The second-order valence-corrected chi connectivity index (χ2v) is 10.9. The molecule has 0 aromatic rings. The fraction of sp³-hybridized carbons (Fsp3) is 0.708. The molecule has 5 atom stereocenters. The van der Waals surface area contributed by atoms with E-state index in [2.05, 4.69) is 32.4 Å². The van der Waals surface area contributed by atoms with Crippen molar-refractivity contribution in [3.05, 3.63) is 35.8 Å². The second kappa shape index (κ2) is 10.9. The van der Waals surface area contributed by atoms with Gasteiger partial charge in [0.1, 0.15) is 6.29 Å². The minimum absolute atomic E-state index is 0.400. The van der Waals surface area contributed by atoms with Gasteiger partial charge >= 0.3 is 0 Å². The number of rotatable bonds is 7. The Labute approximate surface area is 183 Å². The Bertz CT molecular complexity index is 610. The van der Waals surface area contributed by atoms with Crippen LogP contribution in [0.25, 0.3) is 0 Å². The van der Waals surface area contributed by atoms with Crippen molar-refractivity contribution in [1.82, 2.24) is 9.62 Å². The van der Waals surface area contributed by atoms with Crippen molar-refractivity contribution in [3.8, 4) is 0 Å². The smallest absolute Gasteiger partial charge is 0.140 e. The third kappa shape index (κ3) is 7.71. The van der Waals surface area contributed by atoms with Gasteiger partial charge < -0.3 is 15.2 Å². The first kappa shape index (κ1) is 26.2. The van der Waals surface area contributed by atoms with Crippen molar-refractivity contribution in [2.24, 2.45) is 17.8 Å². The number of allylic oxidation sites excluding steroid dienone is 3. The first-order chi connectivity index (χ1) is 13.4. The van der Waals surface area contributed by atoms with E-state index in [0.29, 0.717) is 12.0 Å². The SMILES string of the molecule is C=C/C=C(/SN(C)C(C)(C)C=O)C(=C)C.CNC1C(C)CC2CC1CC(C)(O)C2. The third-order valence-electron chi connectivity index (χ3n) is 6.25. The van der Waals surface area contributed by atoms with Gasteiger partial charge in [0.05, 0.1) is 11.1 Å². The van der Waals surface area contributed by atoms with Crippen molar-refractivity contribution in [2.45, 2.75) is 77.5 Å². The van der Waals surface area contributed by atoms with Crippen LogP contribution < -0.4 is 5.32 Å². The molecule has 0 aromatic carbocycles. The molecule has 0 radical (unpaired) electrons. The summed E-state index contributed by atoms with van der Waals surface area (Å²) in [6.07, 6.45) is 9.17. The van der Waals surface area contributed by atoms with Crippen LogP contribution in [-0.4, -0.2) is 47.0 Å². The van der Waals surface area contributed by atoms with E-state index in [0.717, 1.165) is 41.4 Å². The molecule has 0 heterocycles. The van der Waals surface area contributed by atoms with Gasteiger partial charge in [0.25, 0.3) is 0 Å². The summed E-state index contributed by atoms with van der Waals surface area (Å²) in [5.74, 6) is 2.24. The molecule has 2 aliphatic rings. The third-order valence-corrected chi connectivity index (χ3v) is 7.68. The van der Waals surface area contributed by atoms with E-state index in [4.69, 9.17) is 0 Å². The quantitative estimate of drug-likeness (QED) is 0.345. The molecule has 0 aliphatic heterocycles. The van der Waals surface area contributed by atoms with Crippen LogP contribution >= 0.6 is 11.9 Å². The van der Waals surface area contributed by atoms with Gasteiger partial charge in [-0.3, -0.25) is 0 Å². The lowest BCUT2D eigenvalue weighted by molar-refractivity contribution is -0.113. The van der Waals surface area contributed by atoms with Crippen LogP contribution in [0.1, 0.15) is 60.3 Å². The molecule has 4 nitrogen and oxygen atoms in total. The number of aliphatic hydroxyl groups is 1. The number of aldehydes is 1. The monoisotopic (exact) mass is 422 g/mol. The van der Waals surface area contributed by atoms with Crippen LogP contribution in [0.3, 0.4) is 0 Å². The molecule has 2 bridgehead atoms. The Morgan fingerprint density at radius 3 is 2.45 bits per heavy atom. The van der Waals surface area contributed by atoms with Gasteiger partial charge in [0, 0.05) is 10.9 Å². The van der Waals surface area contributed by atoms with Gasteiger partial charge in [-0.15, -0.1) is 0 Å². The molecule has 5 heteroatoms. The lowest BCUT2D eigenvalue weighted by Crippen LogP contribution is -2.51. The molecular formula is C24H42N2O2S. The van der Waals surface area contributed by atoms with Gasteiger partial charge in [-0.2, -0.15) is 0 Å². The topological polar surface area (TPSA) is 52.6 Å². The highest BCUT2D eigenvalue weighted by molar-refractivity contribution is 8.01. The molecule has 0 amide bonds. The lowest BCUT2D eigenvalue weighted by atomic mass is 9.61. The van der Waals surface area contributed by atoms with Crippen LogP contribution in [-0.2, 0) is 4.79 Å². The second-order valence-electron chi connectivity index (χ2n) is 9.70. The minimum atomic E-state index is -0.486. The van der Waals surface area contributed by atoms with Crippen molar-refractivity contribution in [1.29, 1.82) is 0 Å². The highest BCUT2D eigenvalue weighted by Crippen LogP contribution is 2.46. The average molecular weight is 423 g/mol.